The monoisotopic (exact) mass is 345 g/mol. The Bertz CT molecular complexity index is 628. The highest BCUT2D eigenvalue weighted by Gasteiger charge is 2.19. The smallest absolute Gasteiger partial charge is 0.142 e. The minimum Gasteiger partial charge on any atom is -0.304 e. The van der Waals surface area contributed by atoms with Crippen LogP contribution in [0, 0.1) is 5.82 Å². The van der Waals surface area contributed by atoms with E-state index in [2.05, 4.69) is 5.32 Å². The third-order valence-electron chi connectivity index (χ3n) is 3.38. The lowest BCUT2D eigenvalue weighted by Gasteiger charge is -2.22. The van der Waals surface area contributed by atoms with E-state index in [-0.39, 0.29) is 17.1 Å². The van der Waals surface area contributed by atoms with Crippen LogP contribution in [0.1, 0.15) is 37.1 Å². The van der Waals surface area contributed by atoms with Crippen LogP contribution in [0.5, 0.6) is 0 Å². The lowest BCUT2D eigenvalue weighted by atomic mass is 10.0. The fourth-order valence-corrected chi connectivity index (χ4v) is 3.07. The highest BCUT2D eigenvalue weighted by Crippen LogP contribution is 2.33. The van der Waals surface area contributed by atoms with Crippen molar-refractivity contribution in [3.63, 3.8) is 0 Å². The maximum Gasteiger partial charge on any atom is 0.142 e. The van der Waals surface area contributed by atoms with Crippen molar-refractivity contribution >= 4 is 34.8 Å². The third-order valence-corrected chi connectivity index (χ3v) is 4.35. The second-order valence-electron chi connectivity index (χ2n) is 4.92. The van der Waals surface area contributed by atoms with Gasteiger partial charge in [-0.15, -0.1) is 0 Å². The van der Waals surface area contributed by atoms with E-state index in [9.17, 15) is 4.39 Å². The first-order chi connectivity index (χ1) is 9.90. The molecule has 0 saturated carbocycles. The second-order valence-corrected chi connectivity index (χ2v) is 6.14. The van der Waals surface area contributed by atoms with E-state index in [4.69, 9.17) is 34.8 Å². The predicted molar refractivity (Wildman–Crippen MR) is 87.8 cm³/mol. The molecular weight excluding hydrogens is 332 g/mol. The van der Waals surface area contributed by atoms with Crippen LogP contribution in [0.3, 0.4) is 0 Å². The fraction of sp³-hybridized carbons (Fsp3) is 0.250. The Morgan fingerprint density at radius 3 is 2.14 bits per heavy atom. The summed E-state index contributed by atoms with van der Waals surface area (Å²) in [6.45, 7) is 3.92. The molecule has 0 aliphatic carbocycles. The molecule has 5 heteroatoms. The van der Waals surface area contributed by atoms with Crippen molar-refractivity contribution in [1.29, 1.82) is 0 Å². The van der Waals surface area contributed by atoms with Crippen molar-refractivity contribution in [1.82, 2.24) is 5.32 Å². The zero-order valence-corrected chi connectivity index (χ0v) is 13.9. The van der Waals surface area contributed by atoms with Crippen LogP contribution in [0.25, 0.3) is 0 Å². The first kappa shape index (κ1) is 16.6. The van der Waals surface area contributed by atoms with Gasteiger partial charge in [0.05, 0.1) is 5.02 Å². The van der Waals surface area contributed by atoms with E-state index in [1.807, 2.05) is 38.1 Å². The molecule has 1 N–H and O–H groups in total. The van der Waals surface area contributed by atoms with Gasteiger partial charge in [0, 0.05) is 27.7 Å². The molecule has 0 aliphatic rings. The normalized spacial score (nSPS) is 14.0. The summed E-state index contributed by atoms with van der Waals surface area (Å²) in [7, 11) is 0. The molecule has 0 aromatic heterocycles. The van der Waals surface area contributed by atoms with E-state index in [0.29, 0.717) is 15.6 Å². The van der Waals surface area contributed by atoms with Gasteiger partial charge in [-0.3, -0.25) is 0 Å². The Kier molecular flexibility index (Phi) is 5.50. The predicted octanol–water partition coefficient (Wildman–Crippen LogP) is 6.20. The molecular formula is C16H15Cl3FN. The molecule has 112 valence electrons. The van der Waals surface area contributed by atoms with Crippen LogP contribution in [-0.2, 0) is 0 Å². The molecule has 1 unspecified atom stereocenters. The van der Waals surface area contributed by atoms with Crippen LogP contribution in [0.2, 0.25) is 15.1 Å². The minimum atomic E-state index is -0.469. The molecule has 0 radical (unpaired) electrons. The van der Waals surface area contributed by atoms with Gasteiger partial charge in [0.2, 0.25) is 0 Å². The highest BCUT2D eigenvalue weighted by atomic mass is 35.5. The number of rotatable bonds is 4. The van der Waals surface area contributed by atoms with Crippen molar-refractivity contribution < 1.29 is 4.39 Å². The first-order valence-corrected chi connectivity index (χ1v) is 7.68. The first-order valence-electron chi connectivity index (χ1n) is 6.55. The van der Waals surface area contributed by atoms with Gasteiger partial charge in [0.25, 0.3) is 0 Å². The lowest BCUT2D eigenvalue weighted by Crippen LogP contribution is -2.23. The Labute approximate surface area is 139 Å². The average Bonchev–Trinajstić information content (AvgIpc) is 2.44. The van der Waals surface area contributed by atoms with E-state index in [1.54, 1.807) is 0 Å². The Morgan fingerprint density at radius 2 is 1.52 bits per heavy atom. The second kappa shape index (κ2) is 6.97. The van der Waals surface area contributed by atoms with Crippen LogP contribution >= 0.6 is 34.8 Å². The van der Waals surface area contributed by atoms with Crippen molar-refractivity contribution in [2.45, 2.75) is 25.9 Å². The number of hydrogen-bond acceptors (Lipinski definition) is 1. The molecule has 0 saturated heterocycles. The maximum absolute atomic E-state index is 13.6. The van der Waals surface area contributed by atoms with E-state index in [1.165, 1.54) is 12.1 Å². The summed E-state index contributed by atoms with van der Waals surface area (Å²) in [4.78, 5) is 0. The molecule has 21 heavy (non-hydrogen) atoms. The van der Waals surface area contributed by atoms with Gasteiger partial charge >= 0.3 is 0 Å². The summed E-state index contributed by atoms with van der Waals surface area (Å²) in [5.41, 5.74) is 1.65. The van der Waals surface area contributed by atoms with Gasteiger partial charge in [-0.1, -0.05) is 46.9 Å². The molecule has 0 bridgehead atoms. The van der Waals surface area contributed by atoms with Crippen LogP contribution < -0.4 is 5.32 Å². The molecule has 0 fully saturated rings. The van der Waals surface area contributed by atoms with E-state index >= 15 is 0 Å². The topological polar surface area (TPSA) is 12.0 Å². The quantitative estimate of drug-likeness (QED) is 0.650. The summed E-state index contributed by atoms with van der Waals surface area (Å²) in [5, 5.41) is 4.56. The molecule has 2 aromatic carbocycles. The molecule has 2 rings (SSSR count). The number of halogens is 4. The molecule has 0 spiro atoms. The zero-order chi connectivity index (χ0) is 15.6. The molecule has 1 nitrogen and oxygen atoms in total. The molecule has 0 aliphatic heterocycles. The molecule has 2 atom stereocenters. The summed E-state index contributed by atoms with van der Waals surface area (Å²) in [6.07, 6.45) is 0. The van der Waals surface area contributed by atoms with Crippen molar-refractivity contribution in [2.24, 2.45) is 0 Å². The van der Waals surface area contributed by atoms with Crippen LogP contribution in [0.4, 0.5) is 4.39 Å². The summed E-state index contributed by atoms with van der Waals surface area (Å²) < 4.78 is 13.6. The molecule has 0 heterocycles. The van der Waals surface area contributed by atoms with Crippen molar-refractivity contribution in [3.8, 4) is 0 Å². The Balaban J connectivity index is 2.20. The summed E-state index contributed by atoms with van der Waals surface area (Å²) in [6, 6.07) is 10.2. The largest absolute Gasteiger partial charge is 0.304 e. The Morgan fingerprint density at radius 1 is 0.905 bits per heavy atom. The number of nitrogens with one attached hydrogen (secondary N) is 1. The third kappa shape index (κ3) is 3.89. The van der Waals surface area contributed by atoms with Crippen molar-refractivity contribution in [3.05, 3.63) is 68.4 Å². The zero-order valence-electron chi connectivity index (χ0n) is 11.6. The SMILES string of the molecule is CC(N[C@@H](C)c1ccc(Cl)cc1)c1c(Cl)ccc(F)c1Cl. The standard InChI is InChI=1S/C16H15Cl3FN/c1-9(11-3-5-12(17)6-4-11)21-10(2)15-13(18)7-8-14(20)16(15)19/h3-10,21H,1-2H3/t9-,10?/m0/s1. The van der Waals surface area contributed by atoms with Crippen LogP contribution in [0.15, 0.2) is 36.4 Å². The van der Waals surface area contributed by atoms with Gasteiger partial charge in [0.1, 0.15) is 5.82 Å². The van der Waals surface area contributed by atoms with Gasteiger partial charge in [-0.2, -0.15) is 0 Å². The number of hydrogen-bond donors (Lipinski definition) is 1. The summed E-state index contributed by atoms with van der Waals surface area (Å²) in [5.74, 6) is -0.469. The van der Waals surface area contributed by atoms with Gasteiger partial charge in [0.15, 0.2) is 0 Å². The Hall–Kier alpha value is -0.800. The minimum absolute atomic E-state index is 0.0488. The van der Waals surface area contributed by atoms with Crippen molar-refractivity contribution in [2.75, 3.05) is 0 Å². The number of benzene rings is 2. The maximum atomic E-state index is 13.6. The van der Waals surface area contributed by atoms with E-state index in [0.717, 1.165) is 5.56 Å². The van der Waals surface area contributed by atoms with Gasteiger partial charge in [-0.25, -0.2) is 4.39 Å². The van der Waals surface area contributed by atoms with E-state index < -0.39 is 5.82 Å². The average molecular weight is 347 g/mol. The van der Waals surface area contributed by atoms with Gasteiger partial charge < -0.3 is 5.32 Å². The van der Waals surface area contributed by atoms with Crippen LogP contribution in [-0.4, -0.2) is 0 Å². The molecule has 2 aromatic rings. The molecule has 0 amide bonds. The fourth-order valence-electron chi connectivity index (χ4n) is 2.25. The highest BCUT2D eigenvalue weighted by molar-refractivity contribution is 6.36. The summed E-state index contributed by atoms with van der Waals surface area (Å²) >= 11 is 18.0. The van der Waals surface area contributed by atoms with Gasteiger partial charge in [-0.05, 0) is 43.7 Å². The lowest BCUT2D eigenvalue weighted by molar-refractivity contribution is 0.492.